The van der Waals surface area contributed by atoms with Crippen molar-refractivity contribution < 1.29 is 18.8 Å². The van der Waals surface area contributed by atoms with Gasteiger partial charge in [-0.1, -0.05) is 18.2 Å². The van der Waals surface area contributed by atoms with Crippen LogP contribution < -0.4 is 16.3 Å². The molecule has 2 N–H and O–H groups in total. The van der Waals surface area contributed by atoms with Crippen LogP contribution in [0.4, 0.5) is 5.69 Å². The van der Waals surface area contributed by atoms with Gasteiger partial charge in [-0.2, -0.15) is 0 Å². The number of hydrogen-bond acceptors (Lipinski definition) is 6. The summed E-state index contributed by atoms with van der Waals surface area (Å²) in [5.41, 5.74) is 0.351. The van der Waals surface area contributed by atoms with Gasteiger partial charge in [0.25, 0.3) is 17.7 Å². The maximum absolute atomic E-state index is 12.4. The molecule has 1 aliphatic rings. The van der Waals surface area contributed by atoms with Crippen LogP contribution >= 0.6 is 12.2 Å². The number of carbonyl (C=O) groups excluding carboxylic acids is 3. The molecule has 0 saturated carbocycles. The van der Waals surface area contributed by atoms with Gasteiger partial charge in [-0.25, -0.2) is 4.79 Å². The minimum Gasteiger partial charge on any atom is -0.422 e. The second-order valence-corrected chi connectivity index (χ2v) is 6.73. The minimum absolute atomic E-state index is 0.0763. The van der Waals surface area contributed by atoms with Crippen molar-refractivity contribution in [3.05, 3.63) is 75.6 Å². The molecule has 0 fully saturated rings. The zero-order valence-electron chi connectivity index (χ0n) is 15.0. The normalized spacial score (nSPS) is 12.8. The summed E-state index contributed by atoms with van der Waals surface area (Å²) in [5, 5.41) is 5.69. The predicted octanol–water partition coefficient (Wildman–Crippen LogP) is 2.15. The second kappa shape index (κ2) is 6.95. The molecule has 0 bridgehead atoms. The van der Waals surface area contributed by atoms with Crippen LogP contribution in [0.3, 0.4) is 0 Å². The standard InChI is InChI=1S/C20H13N3O5S/c1-23-17(25)12-7-6-11(9-13(12)18(23)26)21-20(29)22-16(24)14-8-10-4-2-3-5-15(10)28-19(14)27/h2-9H,1H3,(H2,21,22,24,29). The number of nitrogens with one attached hydrogen (secondary N) is 2. The predicted molar refractivity (Wildman–Crippen MR) is 109 cm³/mol. The fourth-order valence-corrected chi connectivity index (χ4v) is 3.20. The van der Waals surface area contributed by atoms with Gasteiger partial charge in [0.05, 0.1) is 11.1 Å². The van der Waals surface area contributed by atoms with Gasteiger partial charge in [-0.3, -0.25) is 24.6 Å². The molecule has 0 saturated heterocycles. The molecule has 29 heavy (non-hydrogen) atoms. The quantitative estimate of drug-likeness (QED) is 0.381. The highest BCUT2D eigenvalue weighted by Crippen LogP contribution is 2.24. The highest BCUT2D eigenvalue weighted by atomic mass is 32.1. The van der Waals surface area contributed by atoms with E-state index in [-0.39, 0.29) is 22.1 Å². The summed E-state index contributed by atoms with van der Waals surface area (Å²) in [5.74, 6) is -1.53. The van der Waals surface area contributed by atoms with E-state index in [9.17, 15) is 19.2 Å². The fourth-order valence-electron chi connectivity index (χ4n) is 2.99. The van der Waals surface area contributed by atoms with E-state index >= 15 is 0 Å². The summed E-state index contributed by atoms with van der Waals surface area (Å²) in [6, 6.07) is 12.8. The van der Waals surface area contributed by atoms with Crippen molar-refractivity contribution in [3.63, 3.8) is 0 Å². The van der Waals surface area contributed by atoms with E-state index in [2.05, 4.69) is 10.6 Å². The number of benzene rings is 2. The molecule has 144 valence electrons. The first-order valence-electron chi connectivity index (χ1n) is 8.47. The summed E-state index contributed by atoms with van der Waals surface area (Å²) in [4.78, 5) is 49.5. The summed E-state index contributed by atoms with van der Waals surface area (Å²) in [6.45, 7) is 0. The third-order valence-corrected chi connectivity index (χ3v) is 4.66. The SMILES string of the molecule is CN1C(=O)c2ccc(NC(=S)NC(=O)c3cc4ccccc4oc3=O)cc2C1=O. The molecule has 2 aromatic carbocycles. The Morgan fingerprint density at radius 3 is 2.52 bits per heavy atom. The van der Waals surface area contributed by atoms with Gasteiger partial charge in [0.1, 0.15) is 11.1 Å². The molecule has 4 rings (SSSR count). The van der Waals surface area contributed by atoms with Crippen LogP contribution in [-0.4, -0.2) is 34.8 Å². The Morgan fingerprint density at radius 1 is 1.00 bits per heavy atom. The van der Waals surface area contributed by atoms with Crippen molar-refractivity contribution in [3.8, 4) is 0 Å². The molecule has 0 unspecified atom stereocenters. The lowest BCUT2D eigenvalue weighted by Gasteiger charge is -2.10. The maximum Gasteiger partial charge on any atom is 0.349 e. The van der Waals surface area contributed by atoms with Crippen molar-refractivity contribution in [2.45, 2.75) is 0 Å². The van der Waals surface area contributed by atoms with E-state index in [0.29, 0.717) is 22.2 Å². The van der Waals surface area contributed by atoms with E-state index < -0.39 is 17.4 Å². The third-order valence-electron chi connectivity index (χ3n) is 4.46. The monoisotopic (exact) mass is 407 g/mol. The Balaban J connectivity index is 1.52. The van der Waals surface area contributed by atoms with Crippen molar-refractivity contribution >= 4 is 51.7 Å². The van der Waals surface area contributed by atoms with E-state index in [1.807, 2.05) is 0 Å². The number of rotatable bonds is 2. The Labute approximate surface area is 169 Å². The van der Waals surface area contributed by atoms with Crippen LogP contribution in [0.1, 0.15) is 31.1 Å². The number of nitrogens with zero attached hydrogens (tertiary/aromatic N) is 1. The number of fused-ring (bicyclic) bond motifs is 2. The summed E-state index contributed by atoms with van der Waals surface area (Å²) in [6.07, 6.45) is 0. The van der Waals surface area contributed by atoms with Gasteiger partial charge in [0.15, 0.2) is 5.11 Å². The first kappa shape index (κ1) is 18.5. The lowest BCUT2D eigenvalue weighted by Crippen LogP contribution is -2.36. The fraction of sp³-hybridized carbons (Fsp3) is 0.0500. The molecule has 8 nitrogen and oxygen atoms in total. The van der Waals surface area contributed by atoms with Gasteiger partial charge < -0.3 is 9.73 Å². The molecule has 1 aromatic heterocycles. The Bertz CT molecular complexity index is 1280. The molecule has 3 aromatic rings. The van der Waals surface area contributed by atoms with Crippen LogP contribution in [0.15, 0.2) is 57.7 Å². The number of para-hydroxylation sites is 1. The van der Waals surface area contributed by atoms with Gasteiger partial charge >= 0.3 is 5.63 Å². The van der Waals surface area contributed by atoms with E-state index in [0.717, 1.165) is 4.90 Å². The molecule has 0 aliphatic carbocycles. The van der Waals surface area contributed by atoms with Crippen LogP contribution in [0.25, 0.3) is 11.0 Å². The van der Waals surface area contributed by atoms with Gasteiger partial charge in [-0.05, 0) is 42.5 Å². The van der Waals surface area contributed by atoms with Crippen LogP contribution in [0.5, 0.6) is 0 Å². The molecular formula is C20H13N3O5S. The Hall–Kier alpha value is -3.85. The van der Waals surface area contributed by atoms with Gasteiger partial charge in [-0.15, -0.1) is 0 Å². The molecule has 0 spiro atoms. The van der Waals surface area contributed by atoms with Crippen LogP contribution in [0, 0.1) is 0 Å². The third kappa shape index (κ3) is 3.27. The zero-order chi connectivity index (χ0) is 20.7. The van der Waals surface area contributed by atoms with Crippen LogP contribution in [0.2, 0.25) is 0 Å². The largest absolute Gasteiger partial charge is 0.422 e. The molecule has 9 heteroatoms. The van der Waals surface area contributed by atoms with Gasteiger partial charge in [0, 0.05) is 18.1 Å². The summed E-state index contributed by atoms with van der Waals surface area (Å²) >= 11 is 5.12. The number of thiocarbonyl (C=S) groups is 1. The highest BCUT2D eigenvalue weighted by molar-refractivity contribution is 7.80. The molecular weight excluding hydrogens is 394 g/mol. The van der Waals surface area contributed by atoms with E-state index in [1.54, 1.807) is 30.3 Å². The Morgan fingerprint density at radius 2 is 1.72 bits per heavy atom. The average molecular weight is 407 g/mol. The summed E-state index contributed by atoms with van der Waals surface area (Å²) < 4.78 is 5.14. The number of amides is 3. The van der Waals surface area contributed by atoms with Crippen molar-refractivity contribution in [2.75, 3.05) is 12.4 Å². The first-order valence-corrected chi connectivity index (χ1v) is 8.87. The first-order chi connectivity index (χ1) is 13.8. The molecule has 0 atom stereocenters. The minimum atomic E-state index is -0.784. The van der Waals surface area contributed by atoms with E-state index in [4.69, 9.17) is 16.6 Å². The lowest BCUT2D eigenvalue weighted by atomic mass is 10.1. The molecule has 0 radical (unpaired) electrons. The zero-order valence-corrected chi connectivity index (χ0v) is 15.8. The average Bonchev–Trinajstić information content (AvgIpc) is 2.91. The maximum atomic E-state index is 12.4. The molecule has 3 amide bonds. The topological polar surface area (TPSA) is 109 Å². The molecule has 1 aliphatic heterocycles. The van der Waals surface area contributed by atoms with Crippen molar-refractivity contribution in [2.24, 2.45) is 0 Å². The van der Waals surface area contributed by atoms with Crippen LogP contribution in [-0.2, 0) is 0 Å². The highest BCUT2D eigenvalue weighted by Gasteiger charge is 2.32. The van der Waals surface area contributed by atoms with E-state index in [1.165, 1.54) is 25.2 Å². The summed E-state index contributed by atoms with van der Waals surface area (Å²) in [7, 11) is 1.40. The smallest absolute Gasteiger partial charge is 0.349 e. The second-order valence-electron chi connectivity index (χ2n) is 6.32. The van der Waals surface area contributed by atoms with Crippen molar-refractivity contribution in [1.29, 1.82) is 0 Å². The number of anilines is 1. The Kier molecular flexibility index (Phi) is 4.44. The molecule has 2 heterocycles. The van der Waals surface area contributed by atoms with Crippen molar-refractivity contribution in [1.82, 2.24) is 10.2 Å². The number of hydrogen-bond donors (Lipinski definition) is 2. The lowest BCUT2D eigenvalue weighted by molar-refractivity contribution is 0.0692. The number of imide groups is 1. The van der Waals surface area contributed by atoms with Gasteiger partial charge in [0.2, 0.25) is 0 Å². The number of carbonyl (C=O) groups is 3.